The third-order valence-electron chi connectivity index (χ3n) is 4.54. The first-order chi connectivity index (χ1) is 8.25. The zero-order valence-corrected chi connectivity index (χ0v) is 11.2. The van der Waals surface area contributed by atoms with E-state index in [4.69, 9.17) is 5.73 Å². The minimum absolute atomic E-state index is 0.433. The Kier molecular flexibility index (Phi) is 3.19. The molecule has 1 aromatic heterocycles. The Hall–Kier alpha value is -0.450. The first-order valence-corrected chi connectivity index (χ1v) is 7.52. The van der Waals surface area contributed by atoms with Crippen molar-refractivity contribution in [3.8, 4) is 0 Å². The lowest BCUT2D eigenvalue weighted by Gasteiger charge is -2.30. The molecule has 2 aliphatic rings. The highest BCUT2D eigenvalue weighted by Crippen LogP contribution is 2.39. The number of hydrogen-bond donors (Lipinski definition) is 1. The van der Waals surface area contributed by atoms with Gasteiger partial charge in [-0.25, -0.2) is 4.98 Å². The average molecular weight is 251 g/mol. The molecule has 1 aromatic rings. The summed E-state index contributed by atoms with van der Waals surface area (Å²) in [4.78, 5) is 7.03. The van der Waals surface area contributed by atoms with E-state index in [1.165, 1.54) is 37.4 Å². The van der Waals surface area contributed by atoms with Gasteiger partial charge in [-0.1, -0.05) is 6.42 Å². The fourth-order valence-corrected chi connectivity index (χ4v) is 4.19. The third-order valence-corrected chi connectivity index (χ3v) is 5.48. The number of rotatable bonds is 2. The van der Waals surface area contributed by atoms with Gasteiger partial charge < -0.3 is 5.73 Å². The molecule has 1 saturated carbocycles. The van der Waals surface area contributed by atoms with Crippen LogP contribution in [-0.4, -0.2) is 29.0 Å². The molecule has 2 fully saturated rings. The van der Waals surface area contributed by atoms with Crippen LogP contribution in [-0.2, 0) is 0 Å². The first-order valence-electron chi connectivity index (χ1n) is 6.64. The Morgan fingerprint density at radius 1 is 1.47 bits per heavy atom. The lowest BCUT2D eigenvalue weighted by molar-refractivity contribution is 0.244. The van der Waals surface area contributed by atoms with Crippen molar-refractivity contribution in [1.82, 2.24) is 9.88 Å². The number of nitrogens with zero attached hydrogens (tertiary/aromatic N) is 2. The molecule has 1 saturated heterocycles. The predicted molar refractivity (Wildman–Crippen MR) is 70.9 cm³/mol. The van der Waals surface area contributed by atoms with Gasteiger partial charge in [-0.2, -0.15) is 0 Å². The van der Waals surface area contributed by atoms with Crippen LogP contribution in [0.4, 0.5) is 0 Å². The van der Waals surface area contributed by atoms with Crippen molar-refractivity contribution in [3.05, 3.63) is 16.6 Å². The summed E-state index contributed by atoms with van der Waals surface area (Å²) in [6, 6.07) is 0.898. The van der Waals surface area contributed by atoms with Crippen LogP contribution in [0.15, 0.2) is 11.6 Å². The lowest BCUT2D eigenvalue weighted by Crippen LogP contribution is -2.38. The van der Waals surface area contributed by atoms with Gasteiger partial charge in [-0.15, -0.1) is 11.3 Å². The van der Waals surface area contributed by atoms with Gasteiger partial charge in [0.2, 0.25) is 0 Å². The summed E-state index contributed by atoms with van der Waals surface area (Å²) in [5, 5.41) is 3.32. The molecule has 3 rings (SSSR count). The molecule has 94 valence electrons. The van der Waals surface area contributed by atoms with Crippen LogP contribution in [0, 0.1) is 11.8 Å². The summed E-state index contributed by atoms with van der Waals surface area (Å²) >= 11 is 1.77. The molecule has 1 aliphatic heterocycles. The van der Waals surface area contributed by atoms with Crippen molar-refractivity contribution < 1.29 is 0 Å². The fourth-order valence-electron chi connectivity index (χ4n) is 3.46. The van der Waals surface area contributed by atoms with Gasteiger partial charge in [0, 0.05) is 30.7 Å². The molecule has 3 nitrogen and oxygen atoms in total. The minimum atomic E-state index is 0.433. The van der Waals surface area contributed by atoms with Crippen molar-refractivity contribution in [3.63, 3.8) is 0 Å². The Morgan fingerprint density at radius 3 is 3.06 bits per heavy atom. The summed E-state index contributed by atoms with van der Waals surface area (Å²) in [7, 11) is 0. The average Bonchev–Trinajstić information content (AvgIpc) is 2.98. The summed E-state index contributed by atoms with van der Waals surface area (Å²) < 4.78 is 0. The van der Waals surface area contributed by atoms with Crippen LogP contribution >= 0.6 is 11.3 Å². The highest BCUT2D eigenvalue weighted by molar-refractivity contribution is 7.09. The van der Waals surface area contributed by atoms with E-state index >= 15 is 0 Å². The Bertz CT molecular complexity index is 365. The van der Waals surface area contributed by atoms with Gasteiger partial charge >= 0.3 is 0 Å². The van der Waals surface area contributed by atoms with E-state index < -0.39 is 0 Å². The van der Waals surface area contributed by atoms with Gasteiger partial charge in [0.1, 0.15) is 5.01 Å². The highest BCUT2D eigenvalue weighted by Gasteiger charge is 2.40. The molecule has 2 N–H and O–H groups in total. The summed E-state index contributed by atoms with van der Waals surface area (Å²) in [6.45, 7) is 4.67. The van der Waals surface area contributed by atoms with E-state index in [1.54, 1.807) is 11.3 Å². The van der Waals surface area contributed by atoms with E-state index in [0.29, 0.717) is 12.1 Å². The van der Waals surface area contributed by atoms with E-state index in [0.717, 1.165) is 11.8 Å². The molecular weight excluding hydrogens is 230 g/mol. The summed E-state index contributed by atoms with van der Waals surface area (Å²) in [6.07, 6.45) is 5.83. The Morgan fingerprint density at radius 2 is 2.35 bits per heavy atom. The Labute approximate surface area is 107 Å². The van der Waals surface area contributed by atoms with Crippen LogP contribution in [0.5, 0.6) is 0 Å². The first kappa shape index (κ1) is 11.6. The smallest absolute Gasteiger partial charge is 0.109 e. The van der Waals surface area contributed by atoms with Crippen LogP contribution < -0.4 is 5.73 Å². The van der Waals surface area contributed by atoms with Crippen molar-refractivity contribution in [1.29, 1.82) is 0 Å². The SMILES string of the molecule is CC(c1nccs1)N1CC2CCCC(N)C2C1. The summed E-state index contributed by atoms with van der Waals surface area (Å²) in [5.74, 6) is 1.56. The molecule has 0 radical (unpaired) electrons. The number of fused-ring (bicyclic) bond motifs is 1. The molecule has 4 atom stereocenters. The van der Waals surface area contributed by atoms with E-state index in [9.17, 15) is 0 Å². The van der Waals surface area contributed by atoms with Gasteiger partial charge in [-0.05, 0) is 31.6 Å². The molecule has 0 amide bonds. The van der Waals surface area contributed by atoms with Gasteiger partial charge in [0.05, 0.1) is 6.04 Å². The van der Waals surface area contributed by atoms with Crippen molar-refractivity contribution in [2.45, 2.75) is 38.3 Å². The quantitative estimate of drug-likeness (QED) is 0.876. The molecule has 1 aliphatic carbocycles. The van der Waals surface area contributed by atoms with E-state index in [2.05, 4.69) is 22.2 Å². The van der Waals surface area contributed by atoms with Crippen LogP contribution in [0.3, 0.4) is 0 Å². The van der Waals surface area contributed by atoms with Gasteiger partial charge in [0.15, 0.2) is 0 Å². The second-order valence-corrected chi connectivity index (χ2v) is 6.45. The monoisotopic (exact) mass is 251 g/mol. The molecule has 4 heteroatoms. The van der Waals surface area contributed by atoms with Crippen molar-refractivity contribution in [2.24, 2.45) is 17.6 Å². The number of thiazole rings is 1. The highest BCUT2D eigenvalue weighted by atomic mass is 32.1. The second kappa shape index (κ2) is 4.67. The zero-order valence-electron chi connectivity index (χ0n) is 10.4. The molecule has 17 heavy (non-hydrogen) atoms. The van der Waals surface area contributed by atoms with Gasteiger partial charge in [-0.3, -0.25) is 4.90 Å². The number of aromatic nitrogens is 1. The van der Waals surface area contributed by atoms with Crippen molar-refractivity contribution >= 4 is 11.3 Å². The van der Waals surface area contributed by atoms with E-state index in [1.807, 2.05) is 6.20 Å². The summed E-state index contributed by atoms with van der Waals surface area (Å²) in [5.41, 5.74) is 6.26. The van der Waals surface area contributed by atoms with Crippen molar-refractivity contribution in [2.75, 3.05) is 13.1 Å². The molecule has 0 bridgehead atoms. The largest absolute Gasteiger partial charge is 0.327 e. The normalized spacial score (nSPS) is 35.8. The van der Waals surface area contributed by atoms with E-state index in [-0.39, 0.29) is 0 Å². The maximum atomic E-state index is 6.26. The third kappa shape index (κ3) is 2.14. The maximum Gasteiger partial charge on any atom is 0.109 e. The standard InChI is InChI=1S/C13H21N3S/c1-9(13-15-5-6-17-13)16-7-10-3-2-4-12(14)11(10)8-16/h5-6,9-12H,2-4,7-8,14H2,1H3. The van der Waals surface area contributed by atoms with Gasteiger partial charge in [0.25, 0.3) is 0 Å². The number of likely N-dealkylation sites (tertiary alicyclic amines) is 1. The zero-order chi connectivity index (χ0) is 11.8. The molecular formula is C13H21N3S. The molecule has 4 unspecified atom stereocenters. The number of nitrogens with two attached hydrogens (primary N) is 1. The Balaban J connectivity index is 1.70. The van der Waals surface area contributed by atoms with Crippen LogP contribution in [0.2, 0.25) is 0 Å². The minimum Gasteiger partial charge on any atom is -0.327 e. The van der Waals surface area contributed by atoms with Crippen LogP contribution in [0.25, 0.3) is 0 Å². The lowest BCUT2D eigenvalue weighted by atomic mass is 9.78. The van der Waals surface area contributed by atoms with Crippen LogP contribution in [0.1, 0.15) is 37.2 Å². The number of hydrogen-bond acceptors (Lipinski definition) is 4. The molecule has 0 aromatic carbocycles. The maximum absolute atomic E-state index is 6.26. The molecule has 2 heterocycles. The molecule has 0 spiro atoms. The topological polar surface area (TPSA) is 42.2 Å². The predicted octanol–water partition coefficient (Wildman–Crippen LogP) is 2.26. The second-order valence-electron chi connectivity index (χ2n) is 5.52. The fraction of sp³-hybridized carbons (Fsp3) is 0.769.